The molecule has 0 amide bonds. The number of nitrogens with zero attached hydrogens (tertiary/aromatic N) is 1. The molecule has 5 nitrogen and oxygen atoms in total. The Morgan fingerprint density at radius 1 is 1.43 bits per heavy atom. The summed E-state index contributed by atoms with van der Waals surface area (Å²) in [5.74, 6) is -1.05. The smallest absolute Gasteiger partial charge is 0.364 e. The van der Waals surface area contributed by atoms with Gasteiger partial charge in [-0.3, -0.25) is 4.79 Å². The van der Waals surface area contributed by atoms with Crippen LogP contribution >= 0.6 is 11.6 Å². The predicted octanol–water partition coefficient (Wildman–Crippen LogP) is 0.750. The third kappa shape index (κ3) is 4.81. The van der Waals surface area contributed by atoms with Crippen molar-refractivity contribution >= 4 is 29.1 Å². The van der Waals surface area contributed by atoms with E-state index in [-0.39, 0.29) is 24.8 Å². The Kier molecular flexibility index (Phi) is 6.74. The molecule has 0 aliphatic heterocycles. The highest BCUT2D eigenvalue weighted by Gasteiger charge is 2.18. The van der Waals surface area contributed by atoms with Crippen molar-refractivity contribution in [2.75, 3.05) is 19.1 Å². The van der Waals surface area contributed by atoms with Gasteiger partial charge in [-0.2, -0.15) is 0 Å². The number of rotatable bonds is 6. The number of carbonyl (C=O) groups is 2. The third-order valence-corrected chi connectivity index (χ3v) is 1.28. The molecule has 0 radical (unpaired) electrons. The van der Waals surface area contributed by atoms with E-state index in [2.05, 4.69) is 14.7 Å². The van der Waals surface area contributed by atoms with Crippen LogP contribution < -0.4 is 0 Å². The van der Waals surface area contributed by atoms with Crippen LogP contribution in [-0.2, 0) is 19.2 Å². The van der Waals surface area contributed by atoms with E-state index in [9.17, 15) is 9.59 Å². The summed E-state index contributed by atoms with van der Waals surface area (Å²) in [6, 6.07) is 0. The van der Waals surface area contributed by atoms with E-state index < -0.39 is 11.8 Å². The van der Waals surface area contributed by atoms with Gasteiger partial charge in [0.25, 0.3) is 0 Å². The van der Waals surface area contributed by atoms with Crippen molar-refractivity contribution in [3.63, 3.8) is 0 Å². The molecule has 6 heteroatoms. The number of carbonyl (C=O) groups excluding carboxylic acids is 2. The number of hydrogen-bond acceptors (Lipinski definition) is 5. The van der Waals surface area contributed by atoms with Crippen LogP contribution in [0.15, 0.2) is 5.16 Å². The largest absolute Gasteiger partial charge is 0.461 e. The lowest BCUT2D eigenvalue weighted by Crippen LogP contribution is -2.24. The minimum absolute atomic E-state index is 0.137. The van der Waals surface area contributed by atoms with Crippen LogP contribution in [0.1, 0.15) is 13.8 Å². The van der Waals surface area contributed by atoms with E-state index in [0.717, 1.165) is 0 Å². The van der Waals surface area contributed by atoms with Crippen molar-refractivity contribution < 1.29 is 19.2 Å². The standard InChI is InChI=1S/C8H12ClNO4/c1-3-13-8(12)7(6(2)11)10-14-5-4-9/h3-5H2,1-2H3/b10-7+. The van der Waals surface area contributed by atoms with Gasteiger partial charge >= 0.3 is 5.97 Å². The molecule has 0 bridgehead atoms. The van der Waals surface area contributed by atoms with Gasteiger partial charge in [-0.05, 0) is 6.92 Å². The molecule has 0 aromatic rings. The number of esters is 1. The zero-order valence-electron chi connectivity index (χ0n) is 8.08. The Balaban J connectivity index is 4.35. The lowest BCUT2D eigenvalue weighted by molar-refractivity contribution is -0.135. The van der Waals surface area contributed by atoms with Gasteiger partial charge in [0.15, 0.2) is 5.78 Å². The Bertz CT molecular complexity index is 239. The van der Waals surface area contributed by atoms with Gasteiger partial charge in [0.2, 0.25) is 5.71 Å². The second-order valence-corrected chi connectivity index (χ2v) is 2.62. The number of alkyl halides is 1. The van der Waals surface area contributed by atoms with Crippen LogP contribution in [0, 0.1) is 0 Å². The second kappa shape index (κ2) is 7.32. The molecule has 0 saturated heterocycles. The first kappa shape index (κ1) is 12.9. The maximum Gasteiger partial charge on any atom is 0.364 e. The van der Waals surface area contributed by atoms with E-state index in [1.54, 1.807) is 6.92 Å². The highest BCUT2D eigenvalue weighted by atomic mass is 35.5. The number of ether oxygens (including phenoxy) is 1. The summed E-state index contributed by atoms with van der Waals surface area (Å²) in [5, 5.41) is 3.34. The number of hydrogen-bond donors (Lipinski definition) is 0. The van der Waals surface area contributed by atoms with Crippen molar-refractivity contribution in [1.82, 2.24) is 0 Å². The van der Waals surface area contributed by atoms with Crippen LogP contribution in [-0.4, -0.2) is 36.6 Å². The maximum atomic E-state index is 11.1. The molecule has 0 aromatic heterocycles. The predicted molar refractivity (Wildman–Crippen MR) is 51.4 cm³/mol. The normalized spacial score (nSPS) is 10.9. The van der Waals surface area contributed by atoms with Crippen LogP contribution in [0.5, 0.6) is 0 Å². The quantitative estimate of drug-likeness (QED) is 0.166. The molecule has 0 atom stereocenters. The molecule has 0 rings (SSSR count). The molecule has 14 heavy (non-hydrogen) atoms. The SMILES string of the molecule is CCOC(=O)/C(=N/OCCCl)C(C)=O. The van der Waals surface area contributed by atoms with Crippen LogP contribution in [0.4, 0.5) is 0 Å². The summed E-state index contributed by atoms with van der Waals surface area (Å²) >= 11 is 5.31. The average Bonchev–Trinajstić information content (AvgIpc) is 2.12. The fourth-order valence-electron chi connectivity index (χ4n) is 0.589. The van der Waals surface area contributed by atoms with Gasteiger partial charge < -0.3 is 9.57 Å². The second-order valence-electron chi connectivity index (χ2n) is 2.24. The molecule has 0 unspecified atom stereocenters. The monoisotopic (exact) mass is 221 g/mol. The summed E-state index contributed by atoms with van der Waals surface area (Å²) in [5.41, 5.74) is -0.350. The molecule has 0 fully saturated rings. The van der Waals surface area contributed by atoms with Gasteiger partial charge in [-0.15, -0.1) is 11.6 Å². The van der Waals surface area contributed by atoms with Gasteiger partial charge in [0.1, 0.15) is 6.61 Å². The van der Waals surface area contributed by atoms with Crippen molar-refractivity contribution in [2.24, 2.45) is 5.16 Å². The topological polar surface area (TPSA) is 65.0 Å². The lowest BCUT2D eigenvalue weighted by Gasteiger charge is -2.01. The fraction of sp³-hybridized carbons (Fsp3) is 0.625. The molecule has 0 heterocycles. The van der Waals surface area contributed by atoms with E-state index >= 15 is 0 Å². The fourth-order valence-corrected chi connectivity index (χ4v) is 0.658. The molecule has 0 aliphatic rings. The number of Topliss-reactive ketones (excluding diaryl/α,β-unsaturated/α-hetero) is 1. The first-order chi connectivity index (χ1) is 6.63. The van der Waals surface area contributed by atoms with E-state index in [1.807, 2.05) is 0 Å². The van der Waals surface area contributed by atoms with Crippen molar-refractivity contribution in [3.05, 3.63) is 0 Å². The van der Waals surface area contributed by atoms with Crippen molar-refractivity contribution in [3.8, 4) is 0 Å². The van der Waals surface area contributed by atoms with Crippen LogP contribution in [0.3, 0.4) is 0 Å². The Labute approximate surface area is 87.0 Å². The highest BCUT2D eigenvalue weighted by Crippen LogP contribution is 1.90. The van der Waals surface area contributed by atoms with Crippen LogP contribution in [0.2, 0.25) is 0 Å². The van der Waals surface area contributed by atoms with Gasteiger partial charge in [-0.1, -0.05) is 5.16 Å². The zero-order valence-corrected chi connectivity index (χ0v) is 8.84. The summed E-state index contributed by atoms with van der Waals surface area (Å²) in [7, 11) is 0. The van der Waals surface area contributed by atoms with E-state index in [4.69, 9.17) is 11.6 Å². The Morgan fingerprint density at radius 3 is 2.50 bits per heavy atom. The molecule has 0 aliphatic carbocycles. The first-order valence-electron chi connectivity index (χ1n) is 4.07. The summed E-state index contributed by atoms with van der Waals surface area (Å²) < 4.78 is 4.59. The molecule has 80 valence electrons. The van der Waals surface area contributed by atoms with Gasteiger partial charge in [0, 0.05) is 6.92 Å². The van der Waals surface area contributed by atoms with Crippen molar-refractivity contribution in [2.45, 2.75) is 13.8 Å². The molecule has 0 spiro atoms. The molecular weight excluding hydrogens is 210 g/mol. The number of ketones is 1. The summed E-state index contributed by atoms with van der Waals surface area (Å²) in [4.78, 5) is 26.6. The van der Waals surface area contributed by atoms with Gasteiger partial charge in [-0.25, -0.2) is 4.79 Å². The zero-order chi connectivity index (χ0) is 11.0. The van der Waals surface area contributed by atoms with E-state index in [1.165, 1.54) is 6.92 Å². The number of oxime groups is 1. The van der Waals surface area contributed by atoms with E-state index in [0.29, 0.717) is 0 Å². The minimum atomic E-state index is -0.783. The van der Waals surface area contributed by atoms with Crippen molar-refractivity contribution in [1.29, 1.82) is 0 Å². The summed E-state index contributed by atoms with van der Waals surface area (Å²) in [6.07, 6.45) is 0. The minimum Gasteiger partial charge on any atom is -0.461 e. The molecule has 0 saturated carbocycles. The molecular formula is C8H12ClNO4. The molecule has 0 aromatic carbocycles. The summed E-state index contributed by atoms with van der Waals surface area (Å²) in [6.45, 7) is 3.16. The van der Waals surface area contributed by atoms with Gasteiger partial charge in [0.05, 0.1) is 12.5 Å². The van der Waals surface area contributed by atoms with Crippen LogP contribution in [0.25, 0.3) is 0 Å². The average molecular weight is 222 g/mol. The Hall–Kier alpha value is -1.10. The maximum absolute atomic E-state index is 11.1. The highest BCUT2D eigenvalue weighted by molar-refractivity contribution is 6.63. The third-order valence-electron chi connectivity index (χ3n) is 1.13. The molecule has 0 N–H and O–H groups in total. The Morgan fingerprint density at radius 2 is 2.07 bits per heavy atom. The lowest BCUT2D eigenvalue weighted by atomic mass is 10.3. The first-order valence-corrected chi connectivity index (χ1v) is 4.60. The number of halogens is 1.